The Labute approximate surface area is 190 Å². The molecule has 2 bridgehead atoms. The summed E-state index contributed by atoms with van der Waals surface area (Å²) in [6.07, 6.45) is 2.82. The first-order chi connectivity index (χ1) is 14.7. The Bertz CT molecular complexity index is 993. The Morgan fingerprint density at radius 1 is 1.13 bits per heavy atom. The van der Waals surface area contributed by atoms with Crippen LogP contribution in [0.4, 0.5) is 10.1 Å². The molecule has 0 aliphatic heterocycles. The lowest BCUT2D eigenvalue weighted by Crippen LogP contribution is -2.75. The minimum Gasteiger partial charge on any atom is -0.486 e. The van der Waals surface area contributed by atoms with Crippen LogP contribution in [0.3, 0.4) is 0 Å². The van der Waals surface area contributed by atoms with Crippen molar-refractivity contribution in [2.75, 3.05) is 25.1 Å². The lowest BCUT2D eigenvalue weighted by molar-refractivity contribution is -0.172. The van der Waals surface area contributed by atoms with E-state index in [-0.39, 0.29) is 46.6 Å². The van der Waals surface area contributed by atoms with Gasteiger partial charge >= 0.3 is 0 Å². The summed E-state index contributed by atoms with van der Waals surface area (Å²) in [5, 5.41) is 3.80. The van der Waals surface area contributed by atoms with Crippen molar-refractivity contribution in [2.24, 2.45) is 5.41 Å². The van der Waals surface area contributed by atoms with E-state index in [4.69, 9.17) is 27.9 Å². The number of ketones is 1. The van der Waals surface area contributed by atoms with Crippen molar-refractivity contribution in [2.45, 2.75) is 31.2 Å². The molecule has 0 atom stereocenters. The average Bonchev–Trinajstić information content (AvgIpc) is 2.66. The Hall–Kier alpha value is -2.31. The van der Waals surface area contributed by atoms with Crippen molar-refractivity contribution in [3.05, 3.63) is 58.3 Å². The second kappa shape index (κ2) is 8.32. The van der Waals surface area contributed by atoms with Gasteiger partial charge in [-0.2, -0.15) is 0 Å². The van der Waals surface area contributed by atoms with E-state index >= 15 is 0 Å². The first-order valence-electron chi connectivity index (χ1n) is 10.0. The molecule has 2 aromatic rings. The number of nitrogens with zero attached hydrogens (tertiary/aromatic N) is 1. The summed E-state index contributed by atoms with van der Waals surface area (Å²) in [6.45, 7) is 0.148. The molecular formula is C23H23Cl2FN2O3. The van der Waals surface area contributed by atoms with Gasteiger partial charge in [-0.25, -0.2) is 4.39 Å². The number of anilines is 1. The third-order valence-electron chi connectivity index (χ3n) is 6.06. The van der Waals surface area contributed by atoms with E-state index in [9.17, 15) is 14.0 Å². The van der Waals surface area contributed by atoms with E-state index in [0.29, 0.717) is 11.4 Å². The maximum atomic E-state index is 13.4. The van der Waals surface area contributed by atoms with E-state index in [1.165, 1.54) is 18.2 Å². The molecule has 2 aromatic carbocycles. The molecule has 1 N–H and O–H groups in total. The molecule has 5 nitrogen and oxygen atoms in total. The van der Waals surface area contributed by atoms with E-state index in [0.717, 1.165) is 24.9 Å². The fourth-order valence-electron chi connectivity index (χ4n) is 4.86. The molecule has 3 saturated carbocycles. The molecule has 0 heterocycles. The number of carbonyl (C=O) groups is 2. The van der Waals surface area contributed by atoms with Gasteiger partial charge in [0, 0.05) is 35.8 Å². The first kappa shape index (κ1) is 21.9. The number of rotatable bonds is 9. The van der Waals surface area contributed by atoms with Crippen molar-refractivity contribution in [3.8, 4) is 5.75 Å². The zero-order valence-corrected chi connectivity index (χ0v) is 18.6. The average molecular weight is 465 g/mol. The van der Waals surface area contributed by atoms with Gasteiger partial charge < -0.3 is 15.0 Å². The van der Waals surface area contributed by atoms with Crippen molar-refractivity contribution < 1.29 is 18.7 Å². The van der Waals surface area contributed by atoms with Crippen LogP contribution in [0.25, 0.3) is 0 Å². The van der Waals surface area contributed by atoms with Crippen LogP contribution < -0.4 is 15.0 Å². The van der Waals surface area contributed by atoms with Crippen molar-refractivity contribution in [3.63, 3.8) is 0 Å². The minimum atomic E-state index is -0.578. The third-order valence-corrected chi connectivity index (χ3v) is 6.61. The molecule has 5 rings (SSSR count). The summed E-state index contributed by atoms with van der Waals surface area (Å²) in [5.41, 5.74) is 0.694. The minimum absolute atomic E-state index is 0.0132. The van der Waals surface area contributed by atoms with Crippen LogP contribution >= 0.6 is 23.2 Å². The lowest BCUT2D eigenvalue weighted by Gasteiger charge is -2.70. The molecule has 0 saturated heterocycles. The van der Waals surface area contributed by atoms with Gasteiger partial charge in [0.1, 0.15) is 18.2 Å². The predicted molar refractivity (Wildman–Crippen MR) is 118 cm³/mol. The monoisotopic (exact) mass is 464 g/mol. The number of hydrogen-bond donors (Lipinski definition) is 1. The van der Waals surface area contributed by atoms with E-state index in [1.54, 1.807) is 12.1 Å². The van der Waals surface area contributed by atoms with Crippen LogP contribution in [0.1, 0.15) is 25.7 Å². The Morgan fingerprint density at radius 2 is 1.81 bits per heavy atom. The topological polar surface area (TPSA) is 58.6 Å². The van der Waals surface area contributed by atoms with Gasteiger partial charge in [0.05, 0.1) is 11.6 Å². The molecule has 0 radical (unpaired) electrons. The van der Waals surface area contributed by atoms with Gasteiger partial charge in [-0.3, -0.25) is 9.59 Å². The number of Topliss-reactive ketones (excluding diaryl/α,β-unsaturated/α-hetero) is 1. The van der Waals surface area contributed by atoms with E-state index in [1.807, 2.05) is 24.1 Å². The summed E-state index contributed by atoms with van der Waals surface area (Å²) in [4.78, 5) is 26.6. The molecule has 3 fully saturated rings. The zero-order valence-electron chi connectivity index (χ0n) is 17.1. The number of likely N-dealkylation sites (N-methyl/N-ethyl adjacent to an activating group) is 1. The van der Waals surface area contributed by atoms with E-state index < -0.39 is 5.82 Å². The van der Waals surface area contributed by atoms with Crippen LogP contribution in [0.15, 0.2) is 42.5 Å². The highest BCUT2D eigenvalue weighted by Crippen LogP contribution is 2.69. The smallest absolute Gasteiger partial charge is 0.239 e. The first-order valence-corrected chi connectivity index (χ1v) is 10.8. The van der Waals surface area contributed by atoms with Crippen molar-refractivity contribution in [1.29, 1.82) is 0 Å². The van der Waals surface area contributed by atoms with Crippen LogP contribution in [0.5, 0.6) is 5.75 Å². The van der Waals surface area contributed by atoms with Crippen molar-refractivity contribution >= 4 is 40.6 Å². The van der Waals surface area contributed by atoms with Crippen LogP contribution in [0, 0.1) is 11.2 Å². The number of nitrogens with one attached hydrogen (secondary N) is 1. The second-order valence-electron chi connectivity index (χ2n) is 8.77. The molecule has 164 valence electrons. The summed E-state index contributed by atoms with van der Waals surface area (Å²) in [7, 11) is 1.86. The number of benzene rings is 2. The molecule has 3 aliphatic carbocycles. The van der Waals surface area contributed by atoms with Crippen molar-refractivity contribution in [1.82, 2.24) is 5.32 Å². The molecular weight excluding hydrogens is 442 g/mol. The SMILES string of the molecule is CN(CC(=O)NC12CC(CC(=O)COc3ccc(Cl)c(F)c3)(C1)C2)c1ccc(Cl)cc1. The molecule has 8 heteroatoms. The summed E-state index contributed by atoms with van der Waals surface area (Å²) >= 11 is 11.5. The largest absolute Gasteiger partial charge is 0.486 e. The highest BCUT2D eigenvalue weighted by molar-refractivity contribution is 6.31. The van der Waals surface area contributed by atoms with Crippen LogP contribution in [-0.4, -0.2) is 37.4 Å². The summed E-state index contributed by atoms with van der Waals surface area (Å²) < 4.78 is 18.8. The molecule has 0 unspecified atom stereocenters. The van der Waals surface area contributed by atoms with Gasteiger partial charge in [0.25, 0.3) is 0 Å². The number of amides is 1. The normalized spacial score (nSPS) is 23.4. The number of ether oxygens (including phenoxy) is 1. The quantitative estimate of drug-likeness (QED) is 0.586. The lowest BCUT2D eigenvalue weighted by atomic mass is 9.38. The fourth-order valence-corrected chi connectivity index (χ4v) is 5.10. The molecule has 1 amide bonds. The maximum absolute atomic E-state index is 13.4. The third kappa shape index (κ3) is 4.80. The highest BCUT2D eigenvalue weighted by atomic mass is 35.5. The number of carbonyl (C=O) groups excluding carboxylic acids is 2. The molecule has 31 heavy (non-hydrogen) atoms. The highest BCUT2D eigenvalue weighted by Gasteiger charge is 2.68. The van der Waals surface area contributed by atoms with Gasteiger partial charge in [-0.1, -0.05) is 23.2 Å². The van der Waals surface area contributed by atoms with Gasteiger partial charge in [0.15, 0.2) is 5.78 Å². The van der Waals surface area contributed by atoms with Crippen LogP contribution in [0.2, 0.25) is 10.0 Å². The number of halogens is 3. The maximum Gasteiger partial charge on any atom is 0.239 e. The molecule has 3 aliphatic rings. The van der Waals surface area contributed by atoms with Gasteiger partial charge in [-0.05, 0) is 61.1 Å². The Kier molecular flexibility index (Phi) is 5.88. The Morgan fingerprint density at radius 3 is 2.45 bits per heavy atom. The summed E-state index contributed by atoms with van der Waals surface area (Å²) in [6, 6.07) is 11.4. The molecule has 0 aromatic heterocycles. The second-order valence-corrected chi connectivity index (χ2v) is 9.61. The van der Waals surface area contributed by atoms with Gasteiger partial charge in [0.2, 0.25) is 5.91 Å². The fraction of sp³-hybridized carbons (Fsp3) is 0.391. The predicted octanol–water partition coefficient (Wildman–Crippen LogP) is 4.65. The standard InChI is InChI=1S/C23H23Cl2FN2O3/c1-28(16-4-2-15(24)3-5-16)10-21(30)27-23-12-22(13-23,14-23)9-17(29)11-31-18-6-7-19(25)20(26)8-18/h2-8H,9-14H2,1H3,(H,27,30). The summed E-state index contributed by atoms with van der Waals surface area (Å²) in [5.74, 6) is -0.366. The van der Waals surface area contributed by atoms with Crippen LogP contribution in [-0.2, 0) is 9.59 Å². The van der Waals surface area contributed by atoms with Gasteiger partial charge in [-0.15, -0.1) is 0 Å². The zero-order chi connectivity index (χ0) is 22.2. The Balaban J connectivity index is 1.19. The van der Waals surface area contributed by atoms with E-state index in [2.05, 4.69) is 5.32 Å². The molecule has 0 spiro atoms. The number of hydrogen-bond acceptors (Lipinski definition) is 4.